The Morgan fingerprint density at radius 1 is 1.71 bits per heavy atom. The Bertz CT molecular complexity index is 208. The third-order valence-corrected chi connectivity index (χ3v) is 3.14. The number of nitrogens with zero attached hydrogens (tertiary/aromatic N) is 1. The minimum atomic E-state index is -0.732. The second kappa shape index (κ2) is 4.75. The molecule has 4 nitrogen and oxygen atoms in total. The predicted molar refractivity (Wildman–Crippen MR) is 55.0 cm³/mol. The highest BCUT2D eigenvalue weighted by molar-refractivity contribution is 5.67. The summed E-state index contributed by atoms with van der Waals surface area (Å²) in [4.78, 5) is 12.7. The average Bonchev–Trinajstić information content (AvgIpc) is 2.08. The SMILES string of the molecule is CC1CCN(C(C)CC(=O)O)CC1N. The molecule has 1 aliphatic heterocycles. The minimum absolute atomic E-state index is 0.103. The van der Waals surface area contributed by atoms with Gasteiger partial charge in [0.2, 0.25) is 0 Å². The summed E-state index contributed by atoms with van der Waals surface area (Å²) in [5.74, 6) is -0.173. The molecule has 0 bridgehead atoms. The molecule has 3 N–H and O–H groups in total. The fraction of sp³-hybridized carbons (Fsp3) is 0.900. The molecule has 14 heavy (non-hydrogen) atoms. The van der Waals surface area contributed by atoms with Crippen LogP contribution in [-0.4, -0.2) is 41.1 Å². The van der Waals surface area contributed by atoms with Crippen LogP contribution in [0.3, 0.4) is 0 Å². The summed E-state index contributed by atoms with van der Waals surface area (Å²) >= 11 is 0. The van der Waals surface area contributed by atoms with Crippen LogP contribution in [0.25, 0.3) is 0 Å². The fourth-order valence-electron chi connectivity index (χ4n) is 1.91. The second-order valence-electron chi connectivity index (χ2n) is 4.37. The van der Waals surface area contributed by atoms with Gasteiger partial charge in [0.25, 0.3) is 0 Å². The predicted octanol–water partition coefficient (Wildman–Crippen LogP) is 0.519. The van der Waals surface area contributed by atoms with Gasteiger partial charge in [-0.25, -0.2) is 0 Å². The number of carboxylic acid groups (broad SMARTS) is 1. The van der Waals surface area contributed by atoms with Crippen LogP contribution in [0.4, 0.5) is 0 Å². The van der Waals surface area contributed by atoms with Crippen molar-refractivity contribution in [2.24, 2.45) is 11.7 Å². The van der Waals surface area contributed by atoms with Crippen LogP contribution in [0.1, 0.15) is 26.7 Å². The van der Waals surface area contributed by atoms with Crippen molar-refractivity contribution in [3.05, 3.63) is 0 Å². The Morgan fingerprint density at radius 3 is 2.86 bits per heavy atom. The Morgan fingerprint density at radius 2 is 2.36 bits per heavy atom. The van der Waals surface area contributed by atoms with E-state index in [1.165, 1.54) is 0 Å². The summed E-state index contributed by atoms with van der Waals surface area (Å²) in [6.45, 7) is 5.92. The molecule has 0 aromatic rings. The van der Waals surface area contributed by atoms with Crippen molar-refractivity contribution >= 4 is 5.97 Å². The molecule has 0 aromatic heterocycles. The summed E-state index contributed by atoms with van der Waals surface area (Å²) in [6, 6.07) is 0.297. The number of hydrogen-bond donors (Lipinski definition) is 2. The molecule has 0 saturated carbocycles. The summed E-state index contributed by atoms with van der Waals surface area (Å²) in [6.07, 6.45) is 1.28. The standard InChI is InChI=1S/C10H20N2O2/c1-7-3-4-12(6-9(7)11)8(2)5-10(13)14/h7-9H,3-6,11H2,1-2H3,(H,13,14). The maximum Gasteiger partial charge on any atom is 0.304 e. The van der Waals surface area contributed by atoms with Crippen molar-refractivity contribution in [2.45, 2.75) is 38.8 Å². The van der Waals surface area contributed by atoms with E-state index in [1.807, 2.05) is 6.92 Å². The summed E-state index contributed by atoms with van der Waals surface area (Å²) in [5, 5.41) is 8.67. The van der Waals surface area contributed by atoms with Gasteiger partial charge in [-0.15, -0.1) is 0 Å². The van der Waals surface area contributed by atoms with Crippen molar-refractivity contribution in [2.75, 3.05) is 13.1 Å². The number of rotatable bonds is 3. The van der Waals surface area contributed by atoms with E-state index in [1.54, 1.807) is 0 Å². The monoisotopic (exact) mass is 200 g/mol. The molecular formula is C10H20N2O2. The molecular weight excluding hydrogens is 180 g/mol. The number of likely N-dealkylation sites (tertiary alicyclic amines) is 1. The normalized spacial score (nSPS) is 31.4. The molecule has 1 fully saturated rings. The molecule has 0 radical (unpaired) electrons. The van der Waals surface area contributed by atoms with Gasteiger partial charge in [-0.05, 0) is 25.8 Å². The van der Waals surface area contributed by atoms with Gasteiger partial charge in [0.05, 0.1) is 6.42 Å². The van der Waals surface area contributed by atoms with Crippen LogP contribution in [0.15, 0.2) is 0 Å². The van der Waals surface area contributed by atoms with E-state index in [-0.39, 0.29) is 18.5 Å². The van der Waals surface area contributed by atoms with E-state index in [0.29, 0.717) is 5.92 Å². The highest BCUT2D eigenvalue weighted by Crippen LogP contribution is 2.18. The molecule has 0 amide bonds. The van der Waals surface area contributed by atoms with Crippen molar-refractivity contribution in [1.82, 2.24) is 4.90 Å². The minimum Gasteiger partial charge on any atom is -0.481 e. The number of carboxylic acids is 1. The van der Waals surface area contributed by atoms with Gasteiger partial charge in [-0.2, -0.15) is 0 Å². The van der Waals surface area contributed by atoms with E-state index < -0.39 is 5.97 Å². The molecule has 0 aliphatic carbocycles. The number of aliphatic carboxylic acids is 1. The zero-order valence-corrected chi connectivity index (χ0v) is 8.94. The van der Waals surface area contributed by atoms with Crippen LogP contribution >= 0.6 is 0 Å². The van der Waals surface area contributed by atoms with Gasteiger partial charge < -0.3 is 10.8 Å². The first-order valence-electron chi connectivity index (χ1n) is 5.22. The lowest BCUT2D eigenvalue weighted by molar-refractivity contribution is -0.138. The van der Waals surface area contributed by atoms with E-state index in [4.69, 9.17) is 10.8 Å². The largest absolute Gasteiger partial charge is 0.481 e. The van der Waals surface area contributed by atoms with Crippen molar-refractivity contribution in [3.63, 3.8) is 0 Å². The number of piperidine rings is 1. The van der Waals surface area contributed by atoms with Gasteiger partial charge >= 0.3 is 5.97 Å². The Labute approximate surface area is 85.1 Å². The molecule has 4 heteroatoms. The van der Waals surface area contributed by atoms with Crippen LogP contribution in [0.2, 0.25) is 0 Å². The molecule has 0 spiro atoms. The molecule has 1 heterocycles. The van der Waals surface area contributed by atoms with E-state index in [0.717, 1.165) is 19.5 Å². The molecule has 3 unspecified atom stereocenters. The summed E-state index contributed by atoms with van der Waals surface area (Å²) < 4.78 is 0. The van der Waals surface area contributed by atoms with Crippen LogP contribution in [0, 0.1) is 5.92 Å². The highest BCUT2D eigenvalue weighted by atomic mass is 16.4. The third kappa shape index (κ3) is 2.96. The molecule has 3 atom stereocenters. The van der Waals surface area contributed by atoms with Crippen molar-refractivity contribution in [3.8, 4) is 0 Å². The van der Waals surface area contributed by atoms with Gasteiger partial charge in [0, 0.05) is 18.6 Å². The van der Waals surface area contributed by atoms with Gasteiger partial charge in [-0.3, -0.25) is 9.69 Å². The zero-order chi connectivity index (χ0) is 10.7. The van der Waals surface area contributed by atoms with Gasteiger partial charge in [0.15, 0.2) is 0 Å². The van der Waals surface area contributed by atoms with E-state index in [9.17, 15) is 4.79 Å². The third-order valence-electron chi connectivity index (χ3n) is 3.14. The number of nitrogens with two attached hydrogens (primary N) is 1. The van der Waals surface area contributed by atoms with Gasteiger partial charge in [0.1, 0.15) is 0 Å². The van der Waals surface area contributed by atoms with E-state index >= 15 is 0 Å². The topological polar surface area (TPSA) is 66.6 Å². The molecule has 0 aromatic carbocycles. The number of hydrogen-bond acceptors (Lipinski definition) is 3. The number of carbonyl (C=O) groups is 1. The maximum absolute atomic E-state index is 10.5. The Hall–Kier alpha value is -0.610. The first-order valence-corrected chi connectivity index (χ1v) is 5.22. The van der Waals surface area contributed by atoms with Crippen LogP contribution in [0.5, 0.6) is 0 Å². The molecule has 82 valence electrons. The second-order valence-corrected chi connectivity index (χ2v) is 4.37. The van der Waals surface area contributed by atoms with Crippen molar-refractivity contribution < 1.29 is 9.90 Å². The lowest BCUT2D eigenvalue weighted by atomic mass is 9.93. The van der Waals surface area contributed by atoms with Crippen molar-refractivity contribution in [1.29, 1.82) is 0 Å². The summed E-state index contributed by atoms with van der Waals surface area (Å²) in [5.41, 5.74) is 5.95. The fourth-order valence-corrected chi connectivity index (χ4v) is 1.91. The average molecular weight is 200 g/mol. The molecule has 1 saturated heterocycles. The Kier molecular flexibility index (Phi) is 3.89. The first kappa shape index (κ1) is 11.5. The smallest absolute Gasteiger partial charge is 0.304 e. The first-order chi connectivity index (χ1) is 6.50. The zero-order valence-electron chi connectivity index (χ0n) is 8.94. The van der Waals surface area contributed by atoms with Gasteiger partial charge in [-0.1, -0.05) is 6.92 Å². The summed E-state index contributed by atoms with van der Waals surface area (Å²) in [7, 11) is 0. The van der Waals surface area contributed by atoms with E-state index in [2.05, 4.69) is 11.8 Å². The quantitative estimate of drug-likeness (QED) is 0.697. The highest BCUT2D eigenvalue weighted by Gasteiger charge is 2.26. The molecule has 1 aliphatic rings. The lowest BCUT2D eigenvalue weighted by Gasteiger charge is -2.38. The van der Waals surface area contributed by atoms with Crippen LogP contribution < -0.4 is 5.73 Å². The lowest BCUT2D eigenvalue weighted by Crippen LogP contribution is -2.50. The Balaban J connectivity index is 2.41. The maximum atomic E-state index is 10.5. The van der Waals surface area contributed by atoms with Crippen LogP contribution in [-0.2, 0) is 4.79 Å². The molecule has 1 rings (SSSR count).